The third-order valence-electron chi connectivity index (χ3n) is 5.18. The summed E-state index contributed by atoms with van der Waals surface area (Å²) in [5, 5.41) is 4.09. The van der Waals surface area contributed by atoms with Gasteiger partial charge in [0.25, 0.3) is 0 Å². The Morgan fingerprint density at radius 3 is 2.73 bits per heavy atom. The molecule has 0 bridgehead atoms. The summed E-state index contributed by atoms with van der Waals surface area (Å²) in [6.45, 7) is 2.92. The van der Waals surface area contributed by atoms with Crippen molar-refractivity contribution in [3.63, 3.8) is 0 Å². The minimum Gasteiger partial charge on any atom is -0.465 e. The van der Waals surface area contributed by atoms with Crippen LogP contribution in [0, 0.1) is 0 Å². The molecule has 2 atom stereocenters. The highest BCUT2D eigenvalue weighted by atomic mass is 32.1. The first-order valence-electron chi connectivity index (χ1n) is 9.89. The zero-order valence-electron chi connectivity index (χ0n) is 16.9. The molecule has 0 aliphatic carbocycles. The van der Waals surface area contributed by atoms with E-state index in [9.17, 15) is 4.79 Å². The average molecular weight is 422 g/mol. The molecule has 0 unspecified atom stereocenters. The van der Waals surface area contributed by atoms with E-state index in [0.29, 0.717) is 22.0 Å². The first-order chi connectivity index (χ1) is 14.6. The van der Waals surface area contributed by atoms with Gasteiger partial charge in [-0.2, -0.15) is 0 Å². The predicted octanol–water partition coefficient (Wildman–Crippen LogP) is 4.51. The van der Waals surface area contributed by atoms with E-state index in [1.165, 1.54) is 7.11 Å². The van der Waals surface area contributed by atoms with Crippen LogP contribution in [0.4, 0.5) is 0 Å². The van der Waals surface area contributed by atoms with Crippen LogP contribution in [0.5, 0.6) is 0 Å². The van der Waals surface area contributed by atoms with E-state index in [1.807, 2.05) is 42.5 Å². The molecule has 6 nitrogen and oxygen atoms in total. The molecule has 4 rings (SSSR count). The van der Waals surface area contributed by atoms with Crippen LogP contribution < -0.4 is 5.32 Å². The molecule has 0 spiro atoms. The number of thiocarbonyl (C=S) groups is 1. The summed E-state index contributed by atoms with van der Waals surface area (Å²) in [6.07, 6.45) is 2.73. The number of nitrogens with one attached hydrogen (secondary N) is 1. The van der Waals surface area contributed by atoms with E-state index in [2.05, 4.69) is 22.1 Å². The van der Waals surface area contributed by atoms with E-state index in [-0.39, 0.29) is 12.1 Å². The van der Waals surface area contributed by atoms with Gasteiger partial charge >= 0.3 is 5.97 Å². The summed E-state index contributed by atoms with van der Waals surface area (Å²) in [7, 11) is 1.37. The second-order valence-electron chi connectivity index (χ2n) is 7.06. The van der Waals surface area contributed by atoms with Gasteiger partial charge in [0.05, 0.1) is 24.4 Å². The Labute approximate surface area is 180 Å². The maximum absolute atomic E-state index is 12.2. The molecule has 1 aromatic carbocycles. The first-order valence-corrected chi connectivity index (χ1v) is 10.3. The van der Waals surface area contributed by atoms with Crippen molar-refractivity contribution in [2.75, 3.05) is 13.7 Å². The summed E-state index contributed by atoms with van der Waals surface area (Å²) in [5.74, 6) is 0.979. The quantitative estimate of drug-likeness (QED) is 0.464. The number of nitrogens with zero attached hydrogens (tertiary/aromatic N) is 2. The Balaban J connectivity index is 1.74. The number of aromatic nitrogens is 1. The summed E-state index contributed by atoms with van der Waals surface area (Å²) in [4.78, 5) is 18.8. The highest BCUT2D eigenvalue weighted by molar-refractivity contribution is 7.80. The number of carbonyl (C=O) groups is 1. The topological polar surface area (TPSA) is 67.6 Å². The molecule has 0 saturated carbocycles. The fourth-order valence-corrected chi connectivity index (χ4v) is 4.17. The number of pyridine rings is 1. The summed E-state index contributed by atoms with van der Waals surface area (Å²) in [5.41, 5.74) is 2.06. The molecule has 2 aromatic heterocycles. The number of rotatable bonds is 6. The standard InChI is InChI=1S/C23H23N3O3S/c1-3-14-26-21(20(25-23(26)30)17-10-6-7-13-24-17)19-12-11-18(29-19)15-8-4-5-9-16(15)22(27)28-2/h4-13,20-21H,3,14H2,1-2H3,(H,25,30)/t20-,21+/m1/s1. The number of methoxy groups -OCH3 is 1. The highest BCUT2D eigenvalue weighted by Crippen LogP contribution is 2.40. The Hall–Kier alpha value is -3.19. The van der Waals surface area contributed by atoms with Gasteiger partial charge in [0, 0.05) is 18.3 Å². The Bertz CT molecular complexity index is 1050. The Morgan fingerprint density at radius 2 is 2.00 bits per heavy atom. The molecular weight excluding hydrogens is 398 g/mol. The summed E-state index contributed by atoms with van der Waals surface area (Å²) in [6, 6.07) is 16.7. The van der Waals surface area contributed by atoms with E-state index >= 15 is 0 Å². The normalized spacial score (nSPS) is 18.3. The van der Waals surface area contributed by atoms with Gasteiger partial charge in [-0.25, -0.2) is 4.79 Å². The Morgan fingerprint density at radius 1 is 1.20 bits per heavy atom. The molecule has 1 aliphatic heterocycles. The molecule has 154 valence electrons. The lowest BCUT2D eigenvalue weighted by molar-refractivity contribution is 0.0601. The number of hydrogen-bond acceptors (Lipinski definition) is 5. The van der Waals surface area contributed by atoms with Crippen LogP contribution >= 0.6 is 12.2 Å². The lowest BCUT2D eigenvalue weighted by Crippen LogP contribution is -2.30. The smallest absolute Gasteiger partial charge is 0.338 e. The second kappa shape index (κ2) is 8.67. The third kappa shape index (κ3) is 3.68. The van der Waals surface area contributed by atoms with Crippen LogP contribution in [0.25, 0.3) is 11.3 Å². The van der Waals surface area contributed by atoms with Gasteiger partial charge in [-0.3, -0.25) is 4.98 Å². The van der Waals surface area contributed by atoms with Crippen LogP contribution in [-0.2, 0) is 4.74 Å². The van der Waals surface area contributed by atoms with Gasteiger partial charge < -0.3 is 19.4 Å². The zero-order chi connectivity index (χ0) is 21.1. The lowest BCUT2D eigenvalue weighted by Gasteiger charge is -2.25. The molecule has 1 aliphatic rings. The van der Waals surface area contributed by atoms with Crippen molar-refractivity contribution < 1.29 is 13.9 Å². The predicted molar refractivity (Wildman–Crippen MR) is 118 cm³/mol. The lowest BCUT2D eigenvalue weighted by atomic mass is 10.0. The maximum atomic E-state index is 12.2. The second-order valence-corrected chi connectivity index (χ2v) is 7.45. The number of hydrogen-bond donors (Lipinski definition) is 1. The molecule has 0 amide bonds. The molecule has 1 saturated heterocycles. The minimum absolute atomic E-state index is 0.125. The van der Waals surface area contributed by atoms with Gasteiger partial charge in [-0.1, -0.05) is 31.2 Å². The van der Waals surface area contributed by atoms with Crippen molar-refractivity contribution in [2.45, 2.75) is 25.4 Å². The summed E-state index contributed by atoms with van der Waals surface area (Å²) >= 11 is 5.62. The van der Waals surface area contributed by atoms with Gasteiger partial charge in [-0.05, 0) is 49.0 Å². The van der Waals surface area contributed by atoms with E-state index in [0.717, 1.165) is 24.4 Å². The van der Waals surface area contributed by atoms with Crippen molar-refractivity contribution in [3.05, 3.63) is 77.8 Å². The Kier molecular flexibility index (Phi) is 5.81. The fraction of sp³-hybridized carbons (Fsp3) is 0.261. The van der Waals surface area contributed by atoms with E-state index in [4.69, 9.17) is 21.4 Å². The number of furan rings is 1. The van der Waals surface area contributed by atoms with Crippen molar-refractivity contribution in [1.29, 1.82) is 0 Å². The molecule has 3 aromatic rings. The molecule has 1 N–H and O–H groups in total. The van der Waals surface area contributed by atoms with Gasteiger partial charge in [0.15, 0.2) is 5.11 Å². The number of ether oxygens (including phenoxy) is 1. The average Bonchev–Trinajstić information content (AvgIpc) is 3.39. The van der Waals surface area contributed by atoms with Crippen molar-refractivity contribution in [3.8, 4) is 11.3 Å². The molecule has 7 heteroatoms. The minimum atomic E-state index is -0.397. The molecule has 1 fully saturated rings. The van der Waals surface area contributed by atoms with E-state index in [1.54, 1.807) is 18.3 Å². The zero-order valence-corrected chi connectivity index (χ0v) is 17.7. The van der Waals surface area contributed by atoms with Crippen LogP contribution in [0.2, 0.25) is 0 Å². The van der Waals surface area contributed by atoms with Crippen molar-refractivity contribution >= 4 is 23.3 Å². The summed E-state index contributed by atoms with van der Waals surface area (Å²) < 4.78 is 11.2. The number of esters is 1. The number of carbonyl (C=O) groups excluding carboxylic acids is 1. The first kappa shape index (κ1) is 20.1. The molecule has 3 heterocycles. The number of benzene rings is 1. The van der Waals surface area contributed by atoms with Crippen molar-refractivity contribution in [2.24, 2.45) is 0 Å². The third-order valence-corrected chi connectivity index (χ3v) is 5.53. The van der Waals surface area contributed by atoms with Crippen LogP contribution in [0.1, 0.15) is 47.2 Å². The maximum Gasteiger partial charge on any atom is 0.338 e. The van der Waals surface area contributed by atoms with Crippen LogP contribution in [-0.4, -0.2) is 34.6 Å². The van der Waals surface area contributed by atoms with Crippen LogP contribution in [0.15, 0.2) is 65.2 Å². The van der Waals surface area contributed by atoms with E-state index < -0.39 is 5.97 Å². The molecular formula is C23H23N3O3S. The highest BCUT2D eigenvalue weighted by Gasteiger charge is 2.41. The van der Waals surface area contributed by atoms with Crippen LogP contribution in [0.3, 0.4) is 0 Å². The van der Waals surface area contributed by atoms with Crippen molar-refractivity contribution in [1.82, 2.24) is 15.2 Å². The molecule has 30 heavy (non-hydrogen) atoms. The molecule has 0 radical (unpaired) electrons. The van der Waals surface area contributed by atoms with Gasteiger partial charge in [0.2, 0.25) is 0 Å². The fourth-order valence-electron chi connectivity index (χ4n) is 3.84. The monoisotopic (exact) mass is 421 g/mol. The van der Waals surface area contributed by atoms with Gasteiger partial charge in [-0.15, -0.1) is 0 Å². The largest absolute Gasteiger partial charge is 0.465 e. The SMILES string of the molecule is CCCN1C(=S)N[C@H](c2ccccn2)[C@@H]1c1ccc(-c2ccccc2C(=O)OC)o1. The van der Waals surface area contributed by atoms with Gasteiger partial charge in [0.1, 0.15) is 17.6 Å².